The molecule has 1 fully saturated rings. The maximum Gasteiger partial charge on any atom is 0.416 e. The number of hydrogen-bond donors (Lipinski definition) is 0. The smallest absolute Gasteiger partial charge is 0.294 e. The number of carbonyl (C=O) groups excluding carboxylic acids is 1. The van der Waals surface area contributed by atoms with Crippen LogP contribution in [0.2, 0.25) is 5.15 Å². The van der Waals surface area contributed by atoms with Crippen molar-refractivity contribution >= 4 is 27.4 Å². The number of halogens is 4. The second-order valence-electron chi connectivity index (χ2n) is 6.97. The number of carbonyl (C=O) groups is 1. The minimum atomic E-state index is -4.56. The molecule has 0 amide bonds. The van der Waals surface area contributed by atoms with Gasteiger partial charge >= 0.3 is 6.18 Å². The average Bonchev–Trinajstić information content (AvgIpc) is 2.93. The minimum absolute atomic E-state index is 0.0335. The van der Waals surface area contributed by atoms with Crippen molar-refractivity contribution in [3.05, 3.63) is 46.2 Å². The summed E-state index contributed by atoms with van der Waals surface area (Å²) in [6.45, 7) is 1.59. The molecule has 1 aliphatic rings. The third kappa shape index (κ3) is 4.19. The fourth-order valence-electron chi connectivity index (χ4n) is 3.49. The van der Waals surface area contributed by atoms with Gasteiger partial charge in [0.2, 0.25) is 10.0 Å². The van der Waals surface area contributed by atoms with Crippen LogP contribution in [0.1, 0.15) is 34.5 Å². The molecular weight excluding hydrogens is 431 g/mol. The number of Topliss-reactive ketones (excluding diaryl/α,β-unsaturated/α-hetero) is 1. The number of aromatic nitrogens is 2. The number of sulfonamides is 1. The monoisotopic (exact) mass is 449 g/mol. The summed E-state index contributed by atoms with van der Waals surface area (Å²) in [6, 6.07) is 4.18. The molecule has 11 heteroatoms. The van der Waals surface area contributed by atoms with Crippen LogP contribution in [0.15, 0.2) is 29.2 Å². The maximum absolute atomic E-state index is 13.1. The van der Waals surface area contributed by atoms with E-state index < -0.39 is 33.5 Å². The lowest BCUT2D eigenvalue weighted by molar-refractivity contribution is -0.137. The van der Waals surface area contributed by atoms with E-state index in [-0.39, 0.29) is 34.4 Å². The van der Waals surface area contributed by atoms with Gasteiger partial charge in [-0.15, -0.1) is 0 Å². The van der Waals surface area contributed by atoms with Crippen LogP contribution in [0.25, 0.3) is 0 Å². The predicted molar refractivity (Wildman–Crippen MR) is 100 cm³/mol. The van der Waals surface area contributed by atoms with E-state index in [0.29, 0.717) is 12.8 Å². The van der Waals surface area contributed by atoms with E-state index in [2.05, 4.69) is 5.10 Å². The second-order valence-corrected chi connectivity index (χ2v) is 9.21. The van der Waals surface area contributed by atoms with Gasteiger partial charge in [0, 0.05) is 31.6 Å². The van der Waals surface area contributed by atoms with Crippen molar-refractivity contribution in [2.45, 2.75) is 30.8 Å². The number of piperidine rings is 1. The summed E-state index contributed by atoms with van der Waals surface area (Å²) in [7, 11) is -2.48. The molecule has 0 bridgehead atoms. The molecular formula is C18H19ClF3N3O3S. The molecule has 29 heavy (non-hydrogen) atoms. The highest BCUT2D eigenvalue weighted by atomic mass is 35.5. The fourth-order valence-corrected chi connectivity index (χ4v) is 5.72. The van der Waals surface area contributed by atoms with Gasteiger partial charge in [0.1, 0.15) is 10.0 Å². The Labute approximate surface area is 171 Å². The zero-order valence-electron chi connectivity index (χ0n) is 15.7. The van der Waals surface area contributed by atoms with E-state index in [9.17, 15) is 26.4 Å². The standard InChI is InChI=1S/C18H19ClF3N3O3S/c1-11-16(17(19)24(2)23-11)29(27,28)25-8-4-6-13(10-25)15(26)12-5-3-7-14(9-12)18(20,21)22/h3,5,7,9,13H,4,6,8,10H2,1-2H3/t13-/m1/s1. The summed E-state index contributed by atoms with van der Waals surface area (Å²) in [4.78, 5) is 12.7. The Bertz CT molecular complexity index is 1050. The first-order valence-electron chi connectivity index (χ1n) is 8.83. The van der Waals surface area contributed by atoms with Gasteiger partial charge in [0.25, 0.3) is 0 Å². The van der Waals surface area contributed by atoms with Gasteiger partial charge in [-0.1, -0.05) is 23.7 Å². The summed E-state index contributed by atoms with van der Waals surface area (Å²) in [5.74, 6) is -1.25. The Balaban J connectivity index is 1.87. The zero-order valence-corrected chi connectivity index (χ0v) is 17.3. The number of alkyl halides is 3. The van der Waals surface area contributed by atoms with Crippen LogP contribution >= 0.6 is 11.6 Å². The highest BCUT2D eigenvalue weighted by molar-refractivity contribution is 7.89. The Hall–Kier alpha value is -1.91. The Morgan fingerprint density at radius 3 is 2.59 bits per heavy atom. The van der Waals surface area contributed by atoms with Gasteiger partial charge in [-0.05, 0) is 31.9 Å². The lowest BCUT2D eigenvalue weighted by Gasteiger charge is -2.31. The van der Waals surface area contributed by atoms with E-state index in [1.807, 2.05) is 0 Å². The fraction of sp³-hybridized carbons (Fsp3) is 0.444. The van der Waals surface area contributed by atoms with E-state index >= 15 is 0 Å². The first-order chi connectivity index (χ1) is 13.4. The number of aryl methyl sites for hydroxylation is 2. The van der Waals surface area contributed by atoms with Gasteiger partial charge < -0.3 is 0 Å². The van der Waals surface area contributed by atoms with Crippen molar-refractivity contribution < 1.29 is 26.4 Å². The molecule has 2 heterocycles. The van der Waals surface area contributed by atoms with E-state index in [4.69, 9.17) is 11.6 Å². The van der Waals surface area contributed by atoms with Crippen molar-refractivity contribution in [3.8, 4) is 0 Å². The first-order valence-corrected chi connectivity index (χ1v) is 10.7. The van der Waals surface area contributed by atoms with Gasteiger partial charge in [-0.2, -0.15) is 22.6 Å². The topological polar surface area (TPSA) is 72.3 Å². The molecule has 1 aromatic heterocycles. The average molecular weight is 450 g/mol. The molecule has 3 rings (SSSR count). The van der Waals surface area contributed by atoms with E-state index in [1.165, 1.54) is 30.8 Å². The molecule has 6 nitrogen and oxygen atoms in total. The highest BCUT2D eigenvalue weighted by Gasteiger charge is 2.37. The number of ketones is 1. The molecule has 0 radical (unpaired) electrons. The van der Waals surface area contributed by atoms with Crippen LogP contribution in [0.4, 0.5) is 13.2 Å². The third-order valence-corrected chi connectivity index (χ3v) is 7.49. The molecule has 0 unspecified atom stereocenters. The first kappa shape index (κ1) is 21.8. The van der Waals surface area contributed by atoms with Crippen LogP contribution in [-0.4, -0.2) is 41.4 Å². The normalized spacial score (nSPS) is 18.8. The van der Waals surface area contributed by atoms with Crippen LogP contribution in [-0.2, 0) is 23.2 Å². The summed E-state index contributed by atoms with van der Waals surface area (Å²) in [5.41, 5.74) is -0.759. The summed E-state index contributed by atoms with van der Waals surface area (Å²) in [5, 5.41) is 3.98. The molecule has 0 spiro atoms. The van der Waals surface area contributed by atoms with Crippen LogP contribution in [0.5, 0.6) is 0 Å². The van der Waals surface area contributed by atoms with E-state index in [1.54, 1.807) is 0 Å². The van der Waals surface area contributed by atoms with Crippen molar-refractivity contribution in [1.82, 2.24) is 14.1 Å². The number of hydrogen-bond acceptors (Lipinski definition) is 4. The second kappa shape index (κ2) is 7.73. The quantitative estimate of drug-likeness (QED) is 0.667. The summed E-state index contributed by atoms with van der Waals surface area (Å²) in [6.07, 6.45) is -3.76. The predicted octanol–water partition coefficient (Wildman–Crippen LogP) is 3.68. The van der Waals surface area contributed by atoms with Crippen molar-refractivity contribution in [2.75, 3.05) is 13.1 Å². The SMILES string of the molecule is Cc1nn(C)c(Cl)c1S(=O)(=O)N1CCC[C@@H](C(=O)c2cccc(C(F)(F)F)c2)C1. The number of benzene rings is 1. The van der Waals surface area contributed by atoms with Crippen LogP contribution in [0, 0.1) is 12.8 Å². The van der Waals surface area contributed by atoms with Crippen LogP contribution in [0.3, 0.4) is 0 Å². The van der Waals surface area contributed by atoms with Crippen molar-refractivity contribution in [3.63, 3.8) is 0 Å². The minimum Gasteiger partial charge on any atom is -0.294 e. The van der Waals surface area contributed by atoms with Gasteiger partial charge in [-0.25, -0.2) is 8.42 Å². The molecule has 1 saturated heterocycles. The maximum atomic E-state index is 13.1. The molecule has 0 saturated carbocycles. The lowest BCUT2D eigenvalue weighted by Crippen LogP contribution is -2.42. The Kier molecular flexibility index (Phi) is 5.81. The molecule has 0 aliphatic carbocycles. The van der Waals surface area contributed by atoms with Gasteiger partial charge in [0.05, 0.1) is 11.3 Å². The molecule has 1 aliphatic heterocycles. The number of nitrogens with zero attached hydrogens (tertiary/aromatic N) is 3. The summed E-state index contributed by atoms with van der Waals surface area (Å²) >= 11 is 6.09. The molecule has 2 aromatic rings. The zero-order chi connectivity index (χ0) is 21.6. The van der Waals surface area contributed by atoms with Gasteiger partial charge in [0.15, 0.2) is 5.78 Å². The molecule has 158 valence electrons. The molecule has 1 atom stereocenters. The molecule has 0 N–H and O–H groups in total. The lowest BCUT2D eigenvalue weighted by atomic mass is 9.90. The summed E-state index contributed by atoms with van der Waals surface area (Å²) < 4.78 is 67.3. The van der Waals surface area contributed by atoms with E-state index in [0.717, 1.165) is 16.4 Å². The Morgan fingerprint density at radius 1 is 1.31 bits per heavy atom. The van der Waals surface area contributed by atoms with Gasteiger partial charge in [-0.3, -0.25) is 9.48 Å². The van der Waals surface area contributed by atoms with Crippen molar-refractivity contribution in [2.24, 2.45) is 13.0 Å². The Morgan fingerprint density at radius 2 is 2.00 bits per heavy atom. The van der Waals surface area contributed by atoms with Crippen LogP contribution < -0.4 is 0 Å². The highest BCUT2D eigenvalue weighted by Crippen LogP contribution is 2.33. The number of rotatable bonds is 4. The third-order valence-electron chi connectivity index (χ3n) is 4.93. The largest absolute Gasteiger partial charge is 0.416 e. The molecule has 1 aromatic carbocycles. The van der Waals surface area contributed by atoms with Crippen molar-refractivity contribution in [1.29, 1.82) is 0 Å².